The third-order valence-electron chi connectivity index (χ3n) is 8.12. The molecule has 62 heavy (non-hydrogen) atoms. The fraction of sp³-hybridized carbons (Fsp3) is 0.206. The number of fused-ring (bicyclic) bond motifs is 1. The number of carboxylic acids is 1. The summed E-state index contributed by atoms with van der Waals surface area (Å²) in [7, 11) is -14.9. The smallest absolute Gasteiger partial charge is 0.744 e. The summed E-state index contributed by atoms with van der Waals surface area (Å²) < 4.78 is 112. The minimum Gasteiger partial charge on any atom is -0.744 e. The Morgan fingerprint density at radius 2 is 1.50 bits per heavy atom. The molecule has 0 spiro atoms. The van der Waals surface area contributed by atoms with Crippen molar-refractivity contribution in [3.8, 4) is 17.5 Å². The number of anilines is 3. The number of rotatable bonds is 17. The predicted molar refractivity (Wildman–Crippen MR) is 213 cm³/mol. The van der Waals surface area contributed by atoms with E-state index >= 15 is 0 Å². The molecule has 21 nitrogen and oxygen atoms in total. The molecule has 0 bridgehead atoms. The zero-order valence-electron chi connectivity index (χ0n) is 32.9. The number of aromatic hydroxyl groups is 1. The molecule has 28 heteroatoms. The summed E-state index contributed by atoms with van der Waals surface area (Å²) >= 11 is 12.4. The van der Waals surface area contributed by atoms with Crippen LogP contribution in [0.4, 0.5) is 28.6 Å². The van der Waals surface area contributed by atoms with Gasteiger partial charge in [0.05, 0.1) is 65.2 Å². The number of phenols is 1. The van der Waals surface area contributed by atoms with Gasteiger partial charge in [0.1, 0.15) is 51.1 Å². The molecule has 0 aliphatic carbocycles. The zero-order chi connectivity index (χ0) is 44.3. The maximum absolute atomic E-state index is 13.8. The van der Waals surface area contributed by atoms with Crippen LogP contribution in [-0.2, 0) is 44.5 Å². The van der Waals surface area contributed by atoms with Crippen LogP contribution >= 0.6 is 23.2 Å². The van der Waals surface area contributed by atoms with Gasteiger partial charge in [-0.1, -0.05) is 29.3 Å². The Kier molecular flexibility index (Phi) is 18.2. The van der Waals surface area contributed by atoms with Crippen LogP contribution in [0, 0.1) is 11.3 Å². The van der Waals surface area contributed by atoms with Crippen LogP contribution in [0.15, 0.2) is 85.7 Å². The quantitative estimate of drug-likeness (QED) is 0.0260. The van der Waals surface area contributed by atoms with Gasteiger partial charge in [-0.3, -0.25) is 4.72 Å². The number of sulfonamides is 1. The largest absolute Gasteiger partial charge is 1.00 e. The Morgan fingerprint density at radius 1 is 0.871 bits per heavy atom. The number of carboxylic acid groups (broad SMARTS) is 1. The molecule has 0 aliphatic heterocycles. The summed E-state index contributed by atoms with van der Waals surface area (Å²) in [6.45, 7) is 4.13. The van der Waals surface area contributed by atoms with Crippen LogP contribution in [0.1, 0.15) is 26.3 Å². The molecule has 1 atom stereocenters. The van der Waals surface area contributed by atoms with Gasteiger partial charge in [0.2, 0.25) is 0 Å². The number of aromatic nitrogens is 2. The van der Waals surface area contributed by atoms with Crippen molar-refractivity contribution in [3.05, 3.63) is 76.4 Å². The van der Waals surface area contributed by atoms with Crippen molar-refractivity contribution in [2.24, 2.45) is 10.2 Å². The molecule has 1 unspecified atom stereocenters. The van der Waals surface area contributed by atoms with Crippen LogP contribution in [-0.4, -0.2) is 86.0 Å². The molecule has 5 N–H and O–H groups in total. The molecular weight excluding hydrogens is 942 g/mol. The van der Waals surface area contributed by atoms with E-state index in [1.54, 1.807) is 13.8 Å². The standard InChI is InChI=1S/C34H32Cl2N8O13S3.2Na/c1-17(2)56-15-38-24-7-8-25(43-58(48,49)20-5-4-6-21(9-20)59(50,51)52)30-26(12-27(32(45)31(24)30)39-16-57-18(3)34(46)47)41-42-33-19(13-37)14-40-44(33)28-10-23(36)29(11-22(28)35)60(53,54)55;;/h4-12,14,17-18,38-39,43,45H,15-16H2,1-3H3,(H,46,47)(H,50,51,52)(H,53,54,55);;/q;2*+1/p-2. The number of benzene rings is 4. The number of azo groups is 1. The first kappa shape index (κ1) is 52.7. The van der Waals surface area contributed by atoms with Crippen molar-refractivity contribution in [3.63, 3.8) is 0 Å². The van der Waals surface area contributed by atoms with Gasteiger partial charge < -0.3 is 39.4 Å². The van der Waals surface area contributed by atoms with Gasteiger partial charge in [-0.05, 0) is 69.3 Å². The second-order valence-electron chi connectivity index (χ2n) is 12.5. The average molecular weight is 972 g/mol. The maximum Gasteiger partial charge on any atom is 1.00 e. The first-order valence-electron chi connectivity index (χ1n) is 16.7. The van der Waals surface area contributed by atoms with Gasteiger partial charge in [-0.2, -0.15) is 10.4 Å². The molecule has 5 aromatic rings. The van der Waals surface area contributed by atoms with Crippen LogP contribution in [0.2, 0.25) is 10.0 Å². The monoisotopic (exact) mass is 970 g/mol. The number of phenolic OH excluding ortho intramolecular Hbond substituents is 1. The van der Waals surface area contributed by atoms with E-state index in [-0.39, 0.29) is 128 Å². The first-order valence-corrected chi connectivity index (χ1v) is 21.8. The van der Waals surface area contributed by atoms with Crippen molar-refractivity contribution in [2.75, 3.05) is 28.8 Å². The maximum atomic E-state index is 13.8. The molecule has 0 radical (unpaired) electrons. The number of halogens is 2. The number of carbonyl (C=O) groups is 1. The fourth-order valence-electron chi connectivity index (χ4n) is 5.24. The minimum atomic E-state index is -5.08. The van der Waals surface area contributed by atoms with Crippen LogP contribution in [0.5, 0.6) is 5.75 Å². The van der Waals surface area contributed by atoms with Gasteiger partial charge in [-0.25, -0.2) is 34.7 Å². The summed E-state index contributed by atoms with van der Waals surface area (Å²) in [4.78, 5) is 9.08. The minimum absolute atomic E-state index is 0. The molecule has 1 aromatic heterocycles. The molecule has 1 heterocycles. The molecular formula is C34H30Cl2N8Na2O13S3. The summed E-state index contributed by atoms with van der Waals surface area (Å²) in [6, 6.07) is 11.0. The van der Waals surface area contributed by atoms with Crippen molar-refractivity contribution in [1.82, 2.24) is 9.78 Å². The SMILES string of the molecule is CC(C)OCNc1ccc(NS(=O)(=O)c2cccc(S(=O)(=O)[O-])c2)c2c(N=Nc3c(C#N)cnn3-c3cc(Cl)c(S(=O)(=O)[O-])cc3Cl)cc(NCOC(C)C(=O)O)c(O)c12.[Na+].[Na+]. The van der Waals surface area contributed by atoms with E-state index in [0.29, 0.717) is 6.07 Å². The van der Waals surface area contributed by atoms with E-state index in [1.807, 2.05) is 6.07 Å². The molecule has 0 amide bonds. The average Bonchev–Trinajstić information content (AvgIpc) is 3.58. The second-order valence-corrected chi connectivity index (χ2v) is 17.8. The summed E-state index contributed by atoms with van der Waals surface area (Å²) in [6.07, 6.45) is -0.518. The van der Waals surface area contributed by atoms with Crippen molar-refractivity contribution in [2.45, 2.75) is 47.7 Å². The molecule has 0 fully saturated rings. The predicted octanol–water partition coefficient (Wildman–Crippen LogP) is -0.405. The molecule has 4 aromatic carbocycles. The zero-order valence-corrected chi connectivity index (χ0v) is 40.9. The Morgan fingerprint density at radius 3 is 2.11 bits per heavy atom. The molecule has 318 valence electrons. The van der Waals surface area contributed by atoms with E-state index in [2.05, 4.69) is 30.7 Å². The number of nitrogens with zero attached hydrogens (tertiary/aromatic N) is 5. The summed E-state index contributed by atoms with van der Waals surface area (Å²) in [5, 5.41) is 48.1. The third-order valence-corrected chi connectivity index (χ3v) is 11.9. The van der Waals surface area contributed by atoms with Crippen molar-refractivity contribution < 1.29 is 118 Å². The molecule has 0 saturated heterocycles. The van der Waals surface area contributed by atoms with E-state index in [0.717, 1.165) is 47.3 Å². The third kappa shape index (κ3) is 12.3. The number of ether oxygens (including phenoxy) is 2. The normalized spacial score (nSPS) is 12.4. The number of hydrogen-bond acceptors (Lipinski definition) is 18. The Bertz CT molecular complexity index is 2930. The van der Waals surface area contributed by atoms with Gasteiger partial charge >= 0.3 is 65.1 Å². The van der Waals surface area contributed by atoms with Crippen LogP contribution in [0.3, 0.4) is 0 Å². The number of nitriles is 1. The van der Waals surface area contributed by atoms with Crippen molar-refractivity contribution in [1.29, 1.82) is 5.26 Å². The Balaban J connectivity index is 0.00000512. The van der Waals surface area contributed by atoms with Crippen molar-refractivity contribution >= 4 is 98.8 Å². The van der Waals surface area contributed by atoms with E-state index < -0.39 is 74.5 Å². The topological polar surface area (TPSA) is 327 Å². The molecule has 5 rings (SSSR count). The number of hydrogen-bond donors (Lipinski definition) is 5. The van der Waals surface area contributed by atoms with Gasteiger partial charge in [0, 0.05) is 11.1 Å². The Labute approximate surface area is 408 Å². The second kappa shape index (κ2) is 21.4. The van der Waals surface area contributed by atoms with Gasteiger partial charge in [0.15, 0.2) is 11.9 Å². The van der Waals surface area contributed by atoms with Crippen LogP contribution < -0.4 is 74.5 Å². The van der Waals surface area contributed by atoms with Crippen LogP contribution in [0.25, 0.3) is 16.5 Å². The first-order chi connectivity index (χ1) is 28.0. The fourth-order valence-corrected chi connectivity index (χ4v) is 8.26. The Hall–Kier alpha value is -3.62. The molecule has 0 saturated carbocycles. The van der Waals surface area contributed by atoms with Gasteiger partial charge in [0.25, 0.3) is 10.0 Å². The van der Waals surface area contributed by atoms with E-state index in [1.165, 1.54) is 19.1 Å². The number of nitrogens with one attached hydrogen (secondary N) is 3. The number of aliphatic carboxylic acids is 1. The van der Waals surface area contributed by atoms with E-state index in [4.69, 9.17) is 32.7 Å². The molecule has 0 aliphatic rings. The van der Waals surface area contributed by atoms with Gasteiger partial charge in [-0.15, -0.1) is 10.2 Å². The summed E-state index contributed by atoms with van der Waals surface area (Å²) in [5.74, 6) is -2.20. The van der Waals surface area contributed by atoms with E-state index in [9.17, 15) is 54.6 Å². The summed E-state index contributed by atoms with van der Waals surface area (Å²) in [5.41, 5.74) is -0.963.